The van der Waals surface area contributed by atoms with Gasteiger partial charge in [0.2, 0.25) is 6.20 Å². The molecule has 0 spiro atoms. The number of fused-ring (bicyclic) bond motifs is 1. The van der Waals surface area contributed by atoms with E-state index in [9.17, 15) is 0 Å². The Morgan fingerprint density at radius 1 is 1.36 bits per heavy atom. The molecule has 0 saturated carbocycles. The molecule has 1 saturated heterocycles. The average molecular weight is 396 g/mol. The molecule has 3 N–H and O–H groups in total. The molecule has 144 valence electrons. The monoisotopic (exact) mass is 395 g/mol. The Kier molecular flexibility index (Phi) is 4.33. The van der Waals surface area contributed by atoms with Gasteiger partial charge in [0.25, 0.3) is 0 Å². The van der Waals surface area contributed by atoms with Gasteiger partial charge < -0.3 is 10.6 Å². The van der Waals surface area contributed by atoms with Gasteiger partial charge in [0.05, 0.1) is 34.9 Å². The number of aryl methyl sites for hydroxylation is 2. The minimum Gasteiger partial charge on any atom is -0.331 e. The summed E-state index contributed by atoms with van der Waals surface area (Å²) >= 11 is 1.46. The van der Waals surface area contributed by atoms with Crippen molar-refractivity contribution >= 4 is 28.0 Å². The Bertz CT molecular complexity index is 1120. The fraction of sp³-hybridized carbons (Fsp3) is 0.368. The number of anilines is 2. The second kappa shape index (κ2) is 6.99. The van der Waals surface area contributed by atoms with Crippen LogP contribution in [0.1, 0.15) is 30.1 Å². The SMILES string of the molecule is Cc1cc(Nc2cc([C@@H]3CCCNC3)nc3c(-c4c[nH][n+](C)c4)cnn23)sn1. The number of rotatable bonds is 4. The van der Waals surface area contributed by atoms with Crippen molar-refractivity contribution < 1.29 is 4.68 Å². The zero-order chi connectivity index (χ0) is 19.1. The first-order valence-corrected chi connectivity index (χ1v) is 10.3. The quantitative estimate of drug-likeness (QED) is 0.462. The molecule has 1 fully saturated rings. The molecule has 8 nitrogen and oxygen atoms in total. The zero-order valence-electron chi connectivity index (χ0n) is 15.9. The molecule has 4 aromatic rings. The summed E-state index contributed by atoms with van der Waals surface area (Å²) in [7, 11) is 1.97. The van der Waals surface area contributed by atoms with Crippen molar-refractivity contribution in [3.05, 3.63) is 42.1 Å². The number of H-pyrrole nitrogens is 1. The Labute approximate surface area is 166 Å². The van der Waals surface area contributed by atoms with Crippen LogP contribution in [0.2, 0.25) is 0 Å². The maximum Gasteiger partial charge on any atom is 0.203 e. The highest BCUT2D eigenvalue weighted by Gasteiger charge is 2.21. The van der Waals surface area contributed by atoms with Gasteiger partial charge in [0.1, 0.15) is 10.8 Å². The van der Waals surface area contributed by atoms with Gasteiger partial charge in [-0.3, -0.25) is 0 Å². The van der Waals surface area contributed by atoms with E-state index >= 15 is 0 Å². The molecule has 0 aliphatic carbocycles. The van der Waals surface area contributed by atoms with Crippen molar-refractivity contribution in [3.8, 4) is 11.1 Å². The third-order valence-electron chi connectivity index (χ3n) is 5.15. The number of nitrogens with one attached hydrogen (secondary N) is 3. The van der Waals surface area contributed by atoms with Gasteiger partial charge in [-0.2, -0.15) is 19.1 Å². The van der Waals surface area contributed by atoms with Crippen LogP contribution in [0.3, 0.4) is 0 Å². The highest BCUT2D eigenvalue weighted by Crippen LogP contribution is 2.31. The fourth-order valence-electron chi connectivity index (χ4n) is 3.74. The predicted molar refractivity (Wildman–Crippen MR) is 109 cm³/mol. The molecule has 0 unspecified atom stereocenters. The molecule has 5 heterocycles. The summed E-state index contributed by atoms with van der Waals surface area (Å²) in [6.07, 6.45) is 8.24. The smallest absolute Gasteiger partial charge is 0.203 e. The van der Waals surface area contributed by atoms with Crippen LogP contribution >= 0.6 is 11.5 Å². The molecule has 9 heteroatoms. The maximum absolute atomic E-state index is 5.04. The Balaban J connectivity index is 1.64. The number of piperidine rings is 1. The second-order valence-corrected chi connectivity index (χ2v) is 8.13. The van der Waals surface area contributed by atoms with Crippen LogP contribution in [0.4, 0.5) is 10.8 Å². The van der Waals surface area contributed by atoms with E-state index in [4.69, 9.17) is 4.98 Å². The van der Waals surface area contributed by atoms with E-state index in [0.29, 0.717) is 5.92 Å². The van der Waals surface area contributed by atoms with E-state index in [2.05, 4.69) is 37.3 Å². The summed E-state index contributed by atoms with van der Waals surface area (Å²) in [6.45, 7) is 4.05. The lowest BCUT2D eigenvalue weighted by Crippen LogP contribution is -2.29. The molecule has 1 atom stereocenters. The second-order valence-electron chi connectivity index (χ2n) is 7.33. The summed E-state index contributed by atoms with van der Waals surface area (Å²) in [5, 5.41) is 15.8. The van der Waals surface area contributed by atoms with Crippen molar-refractivity contribution in [3.63, 3.8) is 0 Å². The van der Waals surface area contributed by atoms with Crippen molar-refractivity contribution in [2.45, 2.75) is 25.7 Å². The first-order chi connectivity index (χ1) is 13.7. The first kappa shape index (κ1) is 17.3. The van der Waals surface area contributed by atoms with Gasteiger partial charge in [-0.1, -0.05) is 0 Å². The molecule has 4 aromatic heterocycles. The molecule has 0 bridgehead atoms. The fourth-order valence-corrected chi connectivity index (χ4v) is 4.41. The molecule has 1 aliphatic heterocycles. The van der Waals surface area contributed by atoms with Crippen LogP contribution in [0.5, 0.6) is 0 Å². The average Bonchev–Trinajstić information content (AvgIpc) is 3.42. The molecule has 0 radical (unpaired) electrons. The number of hydrogen-bond acceptors (Lipinski definition) is 6. The lowest BCUT2D eigenvalue weighted by atomic mass is 9.96. The number of aromatic nitrogens is 6. The number of nitrogens with zero attached hydrogens (tertiary/aromatic N) is 5. The third-order valence-corrected chi connectivity index (χ3v) is 5.95. The lowest BCUT2D eigenvalue weighted by molar-refractivity contribution is -0.726. The Morgan fingerprint density at radius 3 is 3.00 bits per heavy atom. The zero-order valence-corrected chi connectivity index (χ0v) is 16.8. The lowest BCUT2D eigenvalue weighted by Gasteiger charge is -2.23. The van der Waals surface area contributed by atoms with E-state index in [-0.39, 0.29) is 0 Å². The van der Waals surface area contributed by atoms with Gasteiger partial charge in [0, 0.05) is 18.5 Å². The summed E-state index contributed by atoms with van der Waals surface area (Å²) in [5.41, 5.74) is 5.07. The summed E-state index contributed by atoms with van der Waals surface area (Å²) in [6, 6.07) is 4.18. The molecule has 1 aliphatic rings. The topological polar surface area (TPSA) is 86.8 Å². The molecule has 0 aromatic carbocycles. The minimum atomic E-state index is 0.410. The van der Waals surface area contributed by atoms with E-state index in [1.54, 1.807) is 0 Å². The molecule has 0 amide bonds. The van der Waals surface area contributed by atoms with Crippen molar-refractivity contribution in [2.24, 2.45) is 7.05 Å². The van der Waals surface area contributed by atoms with E-state index in [1.165, 1.54) is 18.0 Å². The van der Waals surface area contributed by atoms with Crippen molar-refractivity contribution in [1.29, 1.82) is 0 Å². The van der Waals surface area contributed by atoms with Crippen LogP contribution in [0.25, 0.3) is 16.8 Å². The first-order valence-electron chi connectivity index (χ1n) is 9.51. The van der Waals surface area contributed by atoms with Crippen LogP contribution in [0.15, 0.2) is 30.7 Å². The Hall–Kier alpha value is -2.78. The largest absolute Gasteiger partial charge is 0.331 e. The van der Waals surface area contributed by atoms with Crippen LogP contribution in [-0.2, 0) is 7.05 Å². The summed E-state index contributed by atoms with van der Waals surface area (Å²) in [4.78, 5) is 5.04. The standard InChI is InChI=1S/C19H22N8S/c1-12-6-18(28-25-12)24-17-7-16(13-4-3-5-20-8-13)23-19-15(10-22-27(17)19)14-9-21-26(2)11-14/h6-7,9-11,13,20H,3-5,8H2,1-2H3,(H,22,23,24,25)/p+1/t13-/m1/s1. The van der Waals surface area contributed by atoms with Crippen LogP contribution in [0, 0.1) is 6.92 Å². The Morgan fingerprint density at radius 2 is 2.29 bits per heavy atom. The molecule has 5 rings (SSSR count). The van der Waals surface area contributed by atoms with E-state index in [1.807, 2.05) is 41.8 Å². The third kappa shape index (κ3) is 3.16. The predicted octanol–water partition coefficient (Wildman–Crippen LogP) is 2.52. The highest BCUT2D eigenvalue weighted by atomic mass is 32.1. The molecule has 28 heavy (non-hydrogen) atoms. The van der Waals surface area contributed by atoms with Gasteiger partial charge in [-0.15, -0.1) is 4.68 Å². The van der Waals surface area contributed by atoms with Gasteiger partial charge in [-0.05, 0) is 43.9 Å². The number of hydrogen-bond donors (Lipinski definition) is 3. The van der Waals surface area contributed by atoms with Crippen LogP contribution < -0.4 is 15.3 Å². The normalized spacial score (nSPS) is 17.3. The summed E-state index contributed by atoms with van der Waals surface area (Å²) < 4.78 is 8.19. The minimum absolute atomic E-state index is 0.410. The van der Waals surface area contributed by atoms with Gasteiger partial charge >= 0.3 is 0 Å². The molecular weight excluding hydrogens is 372 g/mol. The highest BCUT2D eigenvalue weighted by molar-refractivity contribution is 7.10. The van der Waals surface area contributed by atoms with Crippen molar-refractivity contribution in [1.82, 2.24) is 29.4 Å². The van der Waals surface area contributed by atoms with E-state index < -0.39 is 0 Å². The van der Waals surface area contributed by atoms with Gasteiger partial charge in [-0.25, -0.2) is 4.98 Å². The number of aromatic amines is 1. The van der Waals surface area contributed by atoms with E-state index in [0.717, 1.165) is 58.5 Å². The van der Waals surface area contributed by atoms with Crippen molar-refractivity contribution in [2.75, 3.05) is 18.4 Å². The molecular formula is C19H23N8S+. The maximum atomic E-state index is 5.04. The van der Waals surface area contributed by atoms with Gasteiger partial charge in [0.15, 0.2) is 12.7 Å². The van der Waals surface area contributed by atoms with Crippen LogP contribution in [-0.4, -0.2) is 37.2 Å². The summed E-state index contributed by atoms with van der Waals surface area (Å²) in [5.74, 6) is 1.33.